The Balaban J connectivity index is 1.74. The minimum absolute atomic E-state index is 0.0962. The van der Waals surface area contributed by atoms with E-state index < -0.39 is 0 Å². The van der Waals surface area contributed by atoms with Gasteiger partial charge in [0.25, 0.3) is 0 Å². The van der Waals surface area contributed by atoms with Crippen molar-refractivity contribution in [2.45, 2.75) is 39.2 Å². The highest BCUT2D eigenvalue weighted by atomic mass is 16.3. The van der Waals surface area contributed by atoms with Crippen LogP contribution in [0.1, 0.15) is 38.9 Å². The van der Waals surface area contributed by atoms with Crippen molar-refractivity contribution in [1.29, 1.82) is 0 Å². The van der Waals surface area contributed by atoms with Crippen LogP contribution in [0, 0.1) is 5.92 Å². The van der Waals surface area contributed by atoms with E-state index in [1.54, 1.807) is 12.2 Å². The number of furan rings is 1. The van der Waals surface area contributed by atoms with Crippen LogP contribution in [-0.4, -0.2) is 23.4 Å². The maximum absolute atomic E-state index is 12.5. The molecule has 1 aliphatic heterocycles. The van der Waals surface area contributed by atoms with Gasteiger partial charge in [0.05, 0.1) is 0 Å². The standard InChI is InChI=1S/C19H23NO2/c1-14(2)17-8-5-6-12-20(17)19(21)11-10-16-13-15-7-3-4-9-18(15)22-16/h3-4,7,9-11,13-14,17H,5-6,8,12H2,1-2H3/b11-10+. The maximum atomic E-state index is 12.5. The number of para-hydroxylation sites is 1. The molecule has 0 radical (unpaired) electrons. The summed E-state index contributed by atoms with van der Waals surface area (Å²) in [7, 11) is 0. The van der Waals surface area contributed by atoms with E-state index in [-0.39, 0.29) is 5.91 Å². The van der Waals surface area contributed by atoms with Crippen molar-refractivity contribution in [3.8, 4) is 0 Å². The van der Waals surface area contributed by atoms with E-state index in [9.17, 15) is 4.79 Å². The van der Waals surface area contributed by atoms with Crippen LogP contribution in [0.3, 0.4) is 0 Å². The molecule has 3 heteroatoms. The number of hydrogen-bond donors (Lipinski definition) is 0. The number of nitrogens with zero attached hydrogens (tertiary/aromatic N) is 1. The molecule has 0 N–H and O–H groups in total. The van der Waals surface area contributed by atoms with Gasteiger partial charge in [0, 0.05) is 24.0 Å². The minimum atomic E-state index is 0.0962. The molecule has 1 unspecified atom stereocenters. The van der Waals surface area contributed by atoms with Crippen molar-refractivity contribution in [3.63, 3.8) is 0 Å². The molecule has 116 valence electrons. The quantitative estimate of drug-likeness (QED) is 0.782. The summed E-state index contributed by atoms with van der Waals surface area (Å²) in [6.45, 7) is 5.25. The van der Waals surface area contributed by atoms with Crippen LogP contribution in [0.15, 0.2) is 40.8 Å². The van der Waals surface area contributed by atoms with E-state index in [1.165, 1.54) is 6.42 Å². The number of fused-ring (bicyclic) bond motifs is 1. The van der Waals surface area contributed by atoms with Crippen molar-refractivity contribution in [1.82, 2.24) is 4.90 Å². The second-order valence-electron chi connectivity index (χ2n) is 6.36. The smallest absolute Gasteiger partial charge is 0.246 e. The number of hydrogen-bond acceptors (Lipinski definition) is 2. The lowest BCUT2D eigenvalue weighted by molar-refractivity contribution is -0.130. The van der Waals surface area contributed by atoms with Gasteiger partial charge in [0.15, 0.2) is 0 Å². The van der Waals surface area contributed by atoms with Gasteiger partial charge in [-0.05, 0) is 43.4 Å². The Morgan fingerprint density at radius 3 is 2.91 bits per heavy atom. The second kappa shape index (κ2) is 6.39. The Bertz CT molecular complexity index is 651. The molecule has 1 aliphatic rings. The Labute approximate surface area is 131 Å². The molecule has 2 heterocycles. The van der Waals surface area contributed by atoms with Gasteiger partial charge < -0.3 is 9.32 Å². The molecule has 1 saturated heterocycles. The average Bonchev–Trinajstić information content (AvgIpc) is 2.95. The fourth-order valence-electron chi connectivity index (χ4n) is 3.26. The zero-order valence-electron chi connectivity index (χ0n) is 13.3. The van der Waals surface area contributed by atoms with Gasteiger partial charge in [-0.25, -0.2) is 0 Å². The number of amides is 1. The topological polar surface area (TPSA) is 33.5 Å². The number of carbonyl (C=O) groups excluding carboxylic acids is 1. The summed E-state index contributed by atoms with van der Waals surface area (Å²) in [5.74, 6) is 1.33. The molecular weight excluding hydrogens is 274 g/mol. The van der Waals surface area contributed by atoms with Gasteiger partial charge in [0.2, 0.25) is 5.91 Å². The number of rotatable bonds is 3. The van der Waals surface area contributed by atoms with Crippen molar-refractivity contribution < 1.29 is 9.21 Å². The van der Waals surface area contributed by atoms with Gasteiger partial charge in [0.1, 0.15) is 11.3 Å². The maximum Gasteiger partial charge on any atom is 0.246 e. The molecule has 3 nitrogen and oxygen atoms in total. The lowest BCUT2D eigenvalue weighted by atomic mass is 9.92. The molecule has 1 fully saturated rings. The van der Waals surface area contributed by atoms with E-state index in [0.717, 1.165) is 36.1 Å². The van der Waals surface area contributed by atoms with Crippen LogP contribution in [0.25, 0.3) is 17.0 Å². The van der Waals surface area contributed by atoms with Crippen LogP contribution in [-0.2, 0) is 4.79 Å². The molecule has 1 aromatic heterocycles. The normalized spacial score (nSPS) is 19.4. The number of benzene rings is 1. The summed E-state index contributed by atoms with van der Waals surface area (Å²) >= 11 is 0. The van der Waals surface area contributed by atoms with Crippen molar-refractivity contribution in [2.75, 3.05) is 6.54 Å². The first-order valence-electron chi connectivity index (χ1n) is 8.12. The third-order valence-corrected chi connectivity index (χ3v) is 4.44. The Morgan fingerprint density at radius 2 is 2.14 bits per heavy atom. The van der Waals surface area contributed by atoms with Gasteiger partial charge in [-0.2, -0.15) is 0 Å². The molecule has 22 heavy (non-hydrogen) atoms. The van der Waals surface area contributed by atoms with E-state index in [4.69, 9.17) is 4.42 Å². The Kier molecular flexibility index (Phi) is 4.32. The molecule has 1 aromatic carbocycles. The second-order valence-corrected chi connectivity index (χ2v) is 6.36. The minimum Gasteiger partial charge on any atom is -0.457 e. The van der Waals surface area contributed by atoms with Crippen LogP contribution in [0.4, 0.5) is 0 Å². The highest BCUT2D eigenvalue weighted by Gasteiger charge is 2.27. The third kappa shape index (κ3) is 3.08. The van der Waals surface area contributed by atoms with Crippen LogP contribution < -0.4 is 0 Å². The summed E-state index contributed by atoms with van der Waals surface area (Å²) in [5.41, 5.74) is 0.854. The fraction of sp³-hybridized carbons (Fsp3) is 0.421. The predicted molar refractivity (Wildman–Crippen MR) is 89.4 cm³/mol. The van der Waals surface area contributed by atoms with Crippen LogP contribution in [0.2, 0.25) is 0 Å². The van der Waals surface area contributed by atoms with Crippen molar-refractivity contribution in [2.24, 2.45) is 5.92 Å². The summed E-state index contributed by atoms with van der Waals surface area (Å²) in [6.07, 6.45) is 6.88. The molecule has 3 rings (SSSR count). The Morgan fingerprint density at radius 1 is 1.32 bits per heavy atom. The van der Waals surface area contributed by atoms with Gasteiger partial charge >= 0.3 is 0 Å². The third-order valence-electron chi connectivity index (χ3n) is 4.44. The SMILES string of the molecule is CC(C)C1CCCCN1C(=O)/C=C/c1cc2ccccc2o1. The summed E-state index contributed by atoms with van der Waals surface area (Å²) in [6, 6.07) is 10.2. The van der Waals surface area contributed by atoms with E-state index in [2.05, 4.69) is 13.8 Å². The lowest BCUT2D eigenvalue weighted by Gasteiger charge is -2.37. The van der Waals surface area contributed by atoms with Gasteiger partial charge in [-0.1, -0.05) is 32.0 Å². The monoisotopic (exact) mass is 297 g/mol. The molecule has 0 saturated carbocycles. The first-order valence-corrected chi connectivity index (χ1v) is 8.12. The molecule has 0 aliphatic carbocycles. The van der Waals surface area contributed by atoms with E-state index in [1.807, 2.05) is 35.2 Å². The molecule has 1 atom stereocenters. The first kappa shape index (κ1) is 14.9. The highest BCUT2D eigenvalue weighted by molar-refractivity contribution is 5.92. The summed E-state index contributed by atoms with van der Waals surface area (Å²) in [4.78, 5) is 14.5. The molecular formula is C19H23NO2. The zero-order chi connectivity index (χ0) is 15.5. The number of carbonyl (C=O) groups is 1. The average molecular weight is 297 g/mol. The zero-order valence-corrected chi connectivity index (χ0v) is 13.3. The predicted octanol–water partition coefficient (Wildman–Crippen LogP) is 4.48. The highest BCUT2D eigenvalue weighted by Crippen LogP contribution is 2.24. The van der Waals surface area contributed by atoms with Gasteiger partial charge in [-0.15, -0.1) is 0 Å². The number of piperidine rings is 1. The van der Waals surface area contributed by atoms with Gasteiger partial charge in [-0.3, -0.25) is 4.79 Å². The molecule has 0 spiro atoms. The van der Waals surface area contributed by atoms with E-state index in [0.29, 0.717) is 12.0 Å². The first-order chi connectivity index (χ1) is 10.6. The van der Waals surface area contributed by atoms with Crippen LogP contribution >= 0.6 is 0 Å². The lowest BCUT2D eigenvalue weighted by Crippen LogP contribution is -2.45. The van der Waals surface area contributed by atoms with E-state index >= 15 is 0 Å². The summed E-state index contributed by atoms with van der Waals surface area (Å²) < 4.78 is 5.72. The van der Waals surface area contributed by atoms with Crippen molar-refractivity contribution >= 4 is 23.0 Å². The Hall–Kier alpha value is -2.03. The molecule has 2 aromatic rings. The van der Waals surface area contributed by atoms with Crippen LogP contribution in [0.5, 0.6) is 0 Å². The summed E-state index contributed by atoms with van der Waals surface area (Å²) in [5, 5.41) is 1.06. The number of likely N-dealkylation sites (tertiary alicyclic amines) is 1. The largest absolute Gasteiger partial charge is 0.457 e. The molecule has 0 bridgehead atoms. The fourth-order valence-corrected chi connectivity index (χ4v) is 3.26. The van der Waals surface area contributed by atoms with Crippen molar-refractivity contribution in [3.05, 3.63) is 42.2 Å². The molecule has 1 amide bonds.